The monoisotopic (exact) mass is 273 g/mol. The lowest BCUT2D eigenvalue weighted by atomic mass is 9.80. The summed E-state index contributed by atoms with van der Waals surface area (Å²) in [7, 11) is -0.575. The van der Waals surface area contributed by atoms with Gasteiger partial charge in [-0.25, -0.2) is 4.98 Å². The number of rotatable bonds is 1. The van der Waals surface area contributed by atoms with Crippen LogP contribution in [0.4, 0.5) is 0 Å². The first-order valence-electron chi connectivity index (χ1n) is 5.40. The van der Waals surface area contributed by atoms with E-state index < -0.39 is 18.3 Å². The van der Waals surface area contributed by atoms with E-state index in [2.05, 4.69) is 4.98 Å². The molecule has 1 fully saturated rings. The molecule has 1 aliphatic rings. The molecule has 6 heteroatoms. The van der Waals surface area contributed by atoms with Crippen LogP contribution in [-0.2, 0) is 9.31 Å². The zero-order valence-electron chi connectivity index (χ0n) is 10.3. The standard InChI is InChI=1S/C11H14BCl2NO2/c1-10(2)11(3,4)17-12(16-10)8-7(13)5-6-15-9(8)14/h5-6H,1-4H3. The van der Waals surface area contributed by atoms with Crippen molar-refractivity contribution in [1.29, 1.82) is 0 Å². The highest BCUT2D eigenvalue weighted by molar-refractivity contribution is 6.68. The lowest BCUT2D eigenvalue weighted by molar-refractivity contribution is 0.00578. The van der Waals surface area contributed by atoms with Crippen LogP contribution in [0.5, 0.6) is 0 Å². The van der Waals surface area contributed by atoms with E-state index in [1.807, 2.05) is 27.7 Å². The zero-order chi connectivity index (χ0) is 12.8. The van der Waals surface area contributed by atoms with Gasteiger partial charge in [0.1, 0.15) is 5.15 Å². The molecule has 1 aromatic rings. The third kappa shape index (κ3) is 2.19. The van der Waals surface area contributed by atoms with Gasteiger partial charge in [-0.1, -0.05) is 23.2 Å². The van der Waals surface area contributed by atoms with E-state index in [1.165, 1.54) is 0 Å². The highest BCUT2D eigenvalue weighted by Gasteiger charge is 2.52. The number of pyridine rings is 1. The van der Waals surface area contributed by atoms with Crippen molar-refractivity contribution in [1.82, 2.24) is 4.98 Å². The molecule has 0 radical (unpaired) electrons. The topological polar surface area (TPSA) is 31.4 Å². The molecule has 1 aliphatic heterocycles. The van der Waals surface area contributed by atoms with Crippen molar-refractivity contribution in [2.75, 3.05) is 0 Å². The van der Waals surface area contributed by atoms with E-state index in [0.717, 1.165) is 0 Å². The van der Waals surface area contributed by atoms with Crippen molar-refractivity contribution in [3.05, 3.63) is 22.4 Å². The van der Waals surface area contributed by atoms with E-state index >= 15 is 0 Å². The molecule has 0 aromatic carbocycles. The summed E-state index contributed by atoms with van der Waals surface area (Å²) in [4.78, 5) is 4.00. The highest BCUT2D eigenvalue weighted by atomic mass is 35.5. The quantitative estimate of drug-likeness (QED) is 0.582. The van der Waals surface area contributed by atoms with Gasteiger partial charge in [-0.15, -0.1) is 0 Å². The van der Waals surface area contributed by atoms with Gasteiger partial charge in [0, 0.05) is 16.7 Å². The van der Waals surface area contributed by atoms with E-state index in [1.54, 1.807) is 12.3 Å². The molecule has 1 saturated heterocycles. The third-order valence-electron chi connectivity index (χ3n) is 3.38. The SMILES string of the molecule is CC1(C)OB(c2c(Cl)ccnc2Cl)OC1(C)C. The fraction of sp³-hybridized carbons (Fsp3) is 0.545. The van der Waals surface area contributed by atoms with Crippen LogP contribution in [0.2, 0.25) is 10.2 Å². The van der Waals surface area contributed by atoms with E-state index in [4.69, 9.17) is 32.5 Å². The van der Waals surface area contributed by atoms with Gasteiger partial charge >= 0.3 is 7.12 Å². The molecule has 0 amide bonds. The molecule has 0 unspecified atom stereocenters. The molecular formula is C11H14BCl2NO2. The van der Waals surface area contributed by atoms with Crippen LogP contribution in [0.25, 0.3) is 0 Å². The Hall–Kier alpha value is -0.285. The Bertz CT molecular complexity index is 415. The third-order valence-corrected chi connectivity index (χ3v) is 4.01. The predicted molar refractivity (Wildman–Crippen MR) is 70.0 cm³/mol. The molecule has 1 aromatic heterocycles. The Labute approximate surface area is 112 Å². The lowest BCUT2D eigenvalue weighted by Crippen LogP contribution is -2.41. The van der Waals surface area contributed by atoms with Gasteiger partial charge < -0.3 is 9.31 Å². The Kier molecular flexibility index (Phi) is 3.19. The molecule has 0 bridgehead atoms. The zero-order valence-corrected chi connectivity index (χ0v) is 11.8. The molecule has 0 saturated carbocycles. The van der Waals surface area contributed by atoms with Gasteiger partial charge in [0.2, 0.25) is 0 Å². The van der Waals surface area contributed by atoms with Crippen molar-refractivity contribution < 1.29 is 9.31 Å². The van der Waals surface area contributed by atoms with Crippen molar-refractivity contribution in [3.8, 4) is 0 Å². The lowest BCUT2D eigenvalue weighted by Gasteiger charge is -2.32. The van der Waals surface area contributed by atoms with Gasteiger partial charge in [-0.2, -0.15) is 0 Å². The molecule has 2 rings (SSSR count). The van der Waals surface area contributed by atoms with Crippen LogP contribution in [-0.4, -0.2) is 23.3 Å². The predicted octanol–water partition coefficient (Wildman–Crippen LogP) is 2.69. The summed E-state index contributed by atoms with van der Waals surface area (Å²) in [5.74, 6) is 0. The van der Waals surface area contributed by atoms with Gasteiger partial charge in [-0.3, -0.25) is 0 Å². The van der Waals surface area contributed by atoms with Gasteiger partial charge in [-0.05, 0) is 33.8 Å². The van der Waals surface area contributed by atoms with Crippen molar-refractivity contribution in [2.45, 2.75) is 38.9 Å². The second-order valence-corrected chi connectivity index (χ2v) is 5.85. The van der Waals surface area contributed by atoms with Crippen LogP contribution < -0.4 is 5.46 Å². The van der Waals surface area contributed by atoms with Gasteiger partial charge in [0.15, 0.2) is 0 Å². The fourth-order valence-corrected chi connectivity index (χ4v) is 2.13. The molecule has 0 spiro atoms. The van der Waals surface area contributed by atoms with E-state index in [9.17, 15) is 0 Å². The maximum absolute atomic E-state index is 6.11. The van der Waals surface area contributed by atoms with Gasteiger partial charge in [0.25, 0.3) is 0 Å². The fourth-order valence-electron chi connectivity index (χ4n) is 1.60. The Morgan fingerprint density at radius 1 is 1.12 bits per heavy atom. The molecule has 0 atom stereocenters. The molecule has 2 heterocycles. The first-order valence-corrected chi connectivity index (χ1v) is 6.16. The average molecular weight is 274 g/mol. The average Bonchev–Trinajstić information content (AvgIpc) is 2.35. The van der Waals surface area contributed by atoms with Crippen LogP contribution >= 0.6 is 23.2 Å². The first kappa shape index (κ1) is 13.2. The molecule has 3 nitrogen and oxygen atoms in total. The summed E-state index contributed by atoms with van der Waals surface area (Å²) < 4.78 is 11.8. The smallest absolute Gasteiger partial charge is 0.399 e. The minimum atomic E-state index is -0.575. The van der Waals surface area contributed by atoms with Crippen LogP contribution in [0, 0.1) is 0 Å². The molecule has 0 N–H and O–H groups in total. The Morgan fingerprint density at radius 3 is 2.12 bits per heavy atom. The summed E-state index contributed by atoms with van der Waals surface area (Å²) in [6.07, 6.45) is 1.55. The largest absolute Gasteiger partial charge is 0.499 e. The second-order valence-electron chi connectivity index (χ2n) is 5.09. The minimum absolute atomic E-state index is 0.316. The van der Waals surface area contributed by atoms with Crippen molar-refractivity contribution in [3.63, 3.8) is 0 Å². The summed E-state index contributed by atoms with van der Waals surface area (Å²) >= 11 is 12.2. The Balaban J connectivity index is 2.39. The molecular weight excluding hydrogens is 260 g/mol. The van der Waals surface area contributed by atoms with E-state index in [-0.39, 0.29) is 0 Å². The summed E-state index contributed by atoms with van der Waals surface area (Å²) in [5, 5.41) is 0.819. The maximum Gasteiger partial charge on any atom is 0.499 e. The van der Waals surface area contributed by atoms with Gasteiger partial charge in [0.05, 0.1) is 11.2 Å². The number of nitrogens with zero attached hydrogens (tertiary/aromatic N) is 1. The molecule has 17 heavy (non-hydrogen) atoms. The van der Waals surface area contributed by atoms with E-state index in [0.29, 0.717) is 15.6 Å². The van der Waals surface area contributed by atoms with Crippen LogP contribution in [0.15, 0.2) is 12.3 Å². The second kappa shape index (κ2) is 4.13. The molecule has 0 aliphatic carbocycles. The molecule has 92 valence electrons. The first-order chi connectivity index (χ1) is 7.74. The summed E-state index contributed by atoms with van der Waals surface area (Å²) in [6.45, 7) is 7.91. The number of hydrogen-bond acceptors (Lipinski definition) is 3. The number of hydrogen-bond donors (Lipinski definition) is 0. The van der Waals surface area contributed by atoms with Crippen LogP contribution in [0.3, 0.4) is 0 Å². The number of halogens is 2. The van der Waals surface area contributed by atoms with Crippen molar-refractivity contribution >= 4 is 35.8 Å². The normalized spacial score (nSPS) is 21.9. The van der Waals surface area contributed by atoms with Crippen molar-refractivity contribution in [2.24, 2.45) is 0 Å². The summed E-state index contributed by atoms with van der Waals surface area (Å²) in [5.41, 5.74) is -0.241. The van der Waals surface area contributed by atoms with Crippen LogP contribution in [0.1, 0.15) is 27.7 Å². The maximum atomic E-state index is 6.11. The summed E-state index contributed by atoms with van der Waals surface area (Å²) in [6, 6.07) is 1.67. The Morgan fingerprint density at radius 2 is 1.65 bits per heavy atom. The number of aromatic nitrogens is 1. The highest BCUT2D eigenvalue weighted by Crippen LogP contribution is 2.37. The minimum Gasteiger partial charge on any atom is -0.399 e.